The van der Waals surface area contributed by atoms with Crippen LogP contribution in [0.4, 0.5) is 0 Å². The number of aromatic nitrogens is 1. The van der Waals surface area contributed by atoms with E-state index in [1.807, 2.05) is 0 Å². The van der Waals surface area contributed by atoms with Gasteiger partial charge in [0.2, 0.25) is 0 Å². The van der Waals surface area contributed by atoms with Crippen LogP contribution in [0.1, 0.15) is 39.3 Å². The molecule has 0 aliphatic rings. The van der Waals surface area contributed by atoms with Crippen LogP contribution in [0.25, 0.3) is 0 Å². The Morgan fingerprint density at radius 1 is 1.15 bits per heavy atom. The summed E-state index contributed by atoms with van der Waals surface area (Å²) < 4.78 is 5.37. The van der Waals surface area contributed by atoms with Gasteiger partial charge >= 0.3 is 0 Å². The molecule has 0 atom stereocenters. The van der Waals surface area contributed by atoms with Gasteiger partial charge in [0.25, 0.3) is 0 Å². The van der Waals surface area contributed by atoms with Crippen molar-refractivity contribution >= 4 is 0 Å². The first-order valence-corrected chi connectivity index (χ1v) is 5.01. The van der Waals surface area contributed by atoms with E-state index in [-0.39, 0.29) is 0 Å². The number of nitrogens with zero attached hydrogens (tertiary/aromatic N) is 1. The van der Waals surface area contributed by atoms with Crippen LogP contribution in [0.2, 0.25) is 0 Å². The van der Waals surface area contributed by atoms with E-state index >= 15 is 0 Å². The quantitative estimate of drug-likeness (QED) is 0.713. The molecule has 1 rings (SSSR count). The van der Waals surface area contributed by atoms with Gasteiger partial charge in [0.1, 0.15) is 6.26 Å². The highest BCUT2D eigenvalue weighted by Crippen LogP contribution is 2.11. The molecular formula is C11H19NO. The van der Waals surface area contributed by atoms with E-state index in [0.717, 1.165) is 24.4 Å². The van der Waals surface area contributed by atoms with Gasteiger partial charge in [-0.1, -0.05) is 27.7 Å². The zero-order valence-electron chi connectivity index (χ0n) is 9.00. The molecule has 0 aliphatic heterocycles. The van der Waals surface area contributed by atoms with Crippen LogP contribution in [0, 0.1) is 11.8 Å². The minimum atomic E-state index is 0.616. The van der Waals surface area contributed by atoms with Crippen LogP contribution in [-0.4, -0.2) is 4.98 Å². The maximum atomic E-state index is 5.37. The minimum absolute atomic E-state index is 0.616. The van der Waals surface area contributed by atoms with Crippen molar-refractivity contribution in [2.75, 3.05) is 0 Å². The Balaban J connectivity index is 2.53. The van der Waals surface area contributed by atoms with Crippen molar-refractivity contribution in [1.29, 1.82) is 0 Å². The summed E-state index contributed by atoms with van der Waals surface area (Å²) in [6.07, 6.45) is 3.75. The van der Waals surface area contributed by atoms with Gasteiger partial charge in [-0.05, 0) is 18.3 Å². The normalized spacial score (nSPS) is 11.5. The molecule has 0 N–H and O–H groups in total. The van der Waals surface area contributed by atoms with Crippen LogP contribution in [0.3, 0.4) is 0 Å². The Labute approximate surface area is 80.4 Å². The lowest BCUT2D eigenvalue weighted by atomic mass is 10.1. The standard InChI is InChI=1S/C11H19NO/c1-8(2)5-10-7-13-11(12-10)6-9(3)4/h7-9H,5-6H2,1-4H3. The highest BCUT2D eigenvalue weighted by molar-refractivity contribution is 4.97. The number of hydrogen-bond donors (Lipinski definition) is 0. The number of rotatable bonds is 4. The molecule has 0 fully saturated rings. The van der Waals surface area contributed by atoms with Crippen LogP contribution < -0.4 is 0 Å². The summed E-state index contributed by atoms with van der Waals surface area (Å²) in [5, 5.41) is 0. The second-order valence-corrected chi connectivity index (χ2v) is 4.43. The molecule has 0 aliphatic carbocycles. The van der Waals surface area contributed by atoms with Crippen molar-refractivity contribution in [3.63, 3.8) is 0 Å². The number of hydrogen-bond acceptors (Lipinski definition) is 2. The fourth-order valence-corrected chi connectivity index (χ4v) is 1.30. The predicted octanol–water partition coefficient (Wildman–Crippen LogP) is 3.07. The van der Waals surface area contributed by atoms with E-state index in [0.29, 0.717) is 11.8 Å². The molecule has 0 unspecified atom stereocenters. The summed E-state index contributed by atoms with van der Waals surface area (Å²) >= 11 is 0. The summed E-state index contributed by atoms with van der Waals surface area (Å²) in [6.45, 7) is 8.73. The maximum absolute atomic E-state index is 5.37. The third-order valence-corrected chi connectivity index (χ3v) is 1.80. The van der Waals surface area contributed by atoms with Crippen LogP contribution in [0.15, 0.2) is 10.7 Å². The Hall–Kier alpha value is -0.790. The molecule has 74 valence electrons. The summed E-state index contributed by atoms with van der Waals surface area (Å²) in [6, 6.07) is 0. The Bertz CT molecular complexity index is 226. The highest BCUT2D eigenvalue weighted by Gasteiger charge is 2.06. The van der Waals surface area contributed by atoms with E-state index in [1.165, 1.54) is 0 Å². The lowest BCUT2D eigenvalue weighted by Crippen LogP contribution is -1.97. The average molecular weight is 181 g/mol. The van der Waals surface area contributed by atoms with Crippen molar-refractivity contribution in [2.24, 2.45) is 11.8 Å². The summed E-state index contributed by atoms with van der Waals surface area (Å²) in [4.78, 5) is 4.42. The minimum Gasteiger partial charge on any atom is -0.449 e. The smallest absolute Gasteiger partial charge is 0.194 e. The summed E-state index contributed by atoms with van der Waals surface area (Å²) in [5.74, 6) is 2.15. The molecule has 0 amide bonds. The molecule has 1 aromatic rings. The second kappa shape index (κ2) is 4.45. The van der Waals surface area contributed by atoms with E-state index in [1.54, 1.807) is 6.26 Å². The van der Waals surface area contributed by atoms with Gasteiger partial charge in [-0.25, -0.2) is 4.98 Å². The Kier molecular flexibility index (Phi) is 3.52. The molecule has 1 aromatic heterocycles. The molecule has 0 bridgehead atoms. The first-order valence-electron chi connectivity index (χ1n) is 5.01. The van der Waals surface area contributed by atoms with E-state index in [2.05, 4.69) is 32.7 Å². The lowest BCUT2D eigenvalue weighted by molar-refractivity contribution is 0.457. The monoisotopic (exact) mass is 181 g/mol. The van der Waals surface area contributed by atoms with Gasteiger partial charge < -0.3 is 4.42 Å². The largest absolute Gasteiger partial charge is 0.449 e. The fraction of sp³-hybridized carbons (Fsp3) is 0.727. The highest BCUT2D eigenvalue weighted by atomic mass is 16.3. The maximum Gasteiger partial charge on any atom is 0.194 e. The average Bonchev–Trinajstić information content (AvgIpc) is 2.33. The van der Waals surface area contributed by atoms with E-state index < -0.39 is 0 Å². The molecule has 1 heterocycles. The zero-order valence-corrected chi connectivity index (χ0v) is 9.00. The summed E-state index contributed by atoms with van der Waals surface area (Å²) in [7, 11) is 0. The van der Waals surface area contributed by atoms with Crippen molar-refractivity contribution in [3.8, 4) is 0 Å². The van der Waals surface area contributed by atoms with Crippen molar-refractivity contribution < 1.29 is 4.42 Å². The third-order valence-electron chi connectivity index (χ3n) is 1.80. The van der Waals surface area contributed by atoms with Gasteiger partial charge in [0.15, 0.2) is 5.89 Å². The van der Waals surface area contributed by atoms with Gasteiger partial charge in [0, 0.05) is 6.42 Å². The van der Waals surface area contributed by atoms with Crippen molar-refractivity contribution in [3.05, 3.63) is 17.8 Å². The van der Waals surface area contributed by atoms with E-state index in [9.17, 15) is 0 Å². The van der Waals surface area contributed by atoms with Gasteiger partial charge in [-0.3, -0.25) is 0 Å². The topological polar surface area (TPSA) is 26.0 Å². The van der Waals surface area contributed by atoms with Crippen molar-refractivity contribution in [2.45, 2.75) is 40.5 Å². The SMILES string of the molecule is CC(C)Cc1coc(CC(C)C)n1. The van der Waals surface area contributed by atoms with E-state index in [4.69, 9.17) is 4.42 Å². The second-order valence-electron chi connectivity index (χ2n) is 4.43. The molecule has 0 radical (unpaired) electrons. The van der Waals surface area contributed by atoms with Crippen LogP contribution in [-0.2, 0) is 12.8 Å². The fourth-order valence-electron chi connectivity index (χ4n) is 1.30. The molecule has 0 aromatic carbocycles. The van der Waals surface area contributed by atoms with Crippen molar-refractivity contribution in [1.82, 2.24) is 4.98 Å². The molecule has 0 saturated carbocycles. The molecule has 0 spiro atoms. The third kappa shape index (κ3) is 3.62. The van der Waals surface area contributed by atoms with Crippen LogP contribution >= 0.6 is 0 Å². The Morgan fingerprint density at radius 2 is 1.77 bits per heavy atom. The predicted molar refractivity (Wildman–Crippen MR) is 53.6 cm³/mol. The first kappa shape index (κ1) is 10.3. The van der Waals surface area contributed by atoms with Gasteiger partial charge in [-0.15, -0.1) is 0 Å². The molecule has 2 nitrogen and oxygen atoms in total. The molecule has 13 heavy (non-hydrogen) atoms. The summed E-state index contributed by atoms with van der Waals surface area (Å²) in [5.41, 5.74) is 1.09. The van der Waals surface area contributed by atoms with Gasteiger partial charge in [-0.2, -0.15) is 0 Å². The first-order chi connectivity index (χ1) is 6.08. The molecule has 0 saturated heterocycles. The molecular weight excluding hydrogens is 162 g/mol. The lowest BCUT2D eigenvalue weighted by Gasteiger charge is -1.99. The van der Waals surface area contributed by atoms with Crippen LogP contribution in [0.5, 0.6) is 0 Å². The Morgan fingerprint density at radius 3 is 2.31 bits per heavy atom. The van der Waals surface area contributed by atoms with Gasteiger partial charge in [0.05, 0.1) is 5.69 Å². The zero-order chi connectivity index (χ0) is 9.84. The number of oxazole rings is 1. The molecule has 2 heteroatoms.